The van der Waals surface area contributed by atoms with Gasteiger partial charge in [-0.25, -0.2) is 0 Å². The predicted molar refractivity (Wildman–Crippen MR) is 84.0 cm³/mol. The lowest BCUT2D eigenvalue weighted by Crippen LogP contribution is -2.45. The number of hydrogen-bond acceptors (Lipinski definition) is 2. The summed E-state index contributed by atoms with van der Waals surface area (Å²) in [7, 11) is 1.93. The molecular formula is C17H26N2O. The number of carbonyl (C=O) groups excluding carboxylic acids is 1. The van der Waals surface area contributed by atoms with Crippen molar-refractivity contribution in [3.05, 3.63) is 29.8 Å². The van der Waals surface area contributed by atoms with Gasteiger partial charge in [-0.15, -0.1) is 0 Å². The largest absolute Gasteiger partial charge is 0.385 e. The highest BCUT2D eigenvalue weighted by Crippen LogP contribution is 2.34. The summed E-state index contributed by atoms with van der Waals surface area (Å²) in [6.45, 7) is 9.53. The van der Waals surface area contributed by atoms with Gasteiger partial charge in [-0.05, 0) is 30.4 Å². The van der Waals surface area contributed by atoms with E-state index < -0.39 is 0 Å². The van der Waals surface area contributed by atoms with Crippen molar-refractivity contribution in [3.8, 4) is 0 Å². The van der Waals surface area contributed by atoms with Crippen LogP contribution in [-0.2, 0) is 4.79 Å². The van der Waals surface area contributed by atoms with E-state index in [0.29, 0.717) is 0 Å². The molecule has 0 spiro atoms. The van der Waals surface area contributed by atoms with Crippen LogP contribution in [0.25, 0.3) is 0 Å². The number of rotatable bonds is 2. The Morgan fingerprint density at radius 1 is 1.35 bits per heavy atom. The molecule has 0 saturated heterocycles. The number of amides is 1. The zero-order valence-corrected chi connectivity index (χ0v) is 13.2. The predicted octanol–water partition coefficient (Wildman–Crippen LogP) is 3.48. The van der Waals surface area contributed by atoms with Gasteiger partial charge in [0, 0.05) is 25.3 Å². The van der Waals surface area contributed by atoms with Crippen molar-refractivity contribution in [3.63, 3.8) is 0 Å². The van der Waals surface area contributed by atoms with Crippen molar-refractivity contribution in [2.24, 2.45) is 5.41 Å². The average molecular weight is 274 g/mol. The van der Waals surface area contributed by atoms with Gasteiger partial charge in [-0.1, -0.05) is 39.0 Å². The second kappa shape index (κ2) is 5.47. The van der Waals surface area contributed by atoms with Crippen LogP contribution < -0.4 is 5.32 Å². The average Bonchev–Trinajstić information content (AvgIpc) is 2.43. The van der Waals surface area contributed by atoms with Crippen LogP contribution in [0, 0.1) is 5.41 Å². The molecule has 0 bridgehead atoms. The lowest BCUT2D eigenvalue weighted by Gasteiger charge is -2.38. The lowest BCUT2D eigenvalue weighted by atomic mass is 9.85. The van der Waals surface area contributed by atoms with Crippen LogP contribution in [0.5, 0.6) is 0 Å². The van der Waals surface area contributed by atoms with E-state index in [0.717, 1.165) is 24.2 Å². The van der Waals surface area contributed by atoms with E-state index in [-0.39, 0.29) is 23.3 Å². The van der Waals surface area contributed by atoms with E-state index in [1.165, 1.54) is 0 Å². The Labute approximate surface area is 122 Å². The summed E-state index contributed by atoms with van der Waals surface area (Å²) < 4.78 is 0. The molecule has 3 heteroatoms. The van der Waals surface area contributed by atoms with Gasteiger partial charge < -0.3 is 10.2 Å². The second-order valence-corrected chi connectivity index (χ2v) is 6.85. The number of anilines is 1. The molecule has 2 rings (SSSR count). The molecular weight excluding hydrogens is 248 g/mol. The minimum absolute atomic E-state index is 0.0118. The zero-order valence-electron chi connectivity index (χ0n) is 13.2. The molecule has 2 unspecified atom stereocenters. The van der Waals surface area contributed by atoms with E-state index in [1.807, 2.05) is 24.1 Å². The highest BCUT2D eigenvalue weighted by atomic mass is 16.2. The van der Waals surface area contributed by atoms with Crippen molar-refractivity contribution in [2.75, 3.05) is 18.9 Å². The first kappa shape index (κ1) is 14.9. The Balaban J connectivity index is 2.23. The Morgan fingerprint density at radius 3 is 2.65 bits per heavy atom. The molecule has 0 fully saturated rings. The first-order valence-electron chi connectivity index (χ1n) is 7.42. The molecule has 0 aromatic heterocycles. The van der Waals surface area contributed by atoms with Crippen molar-refractivity contribution in [1.29, 1.82) is 0 Å². The molecule has 20 heavy (non-hydrogen) atoms. The fourth-order valence-corrected chi connectivity index (χ4v) is 2.74. The summed E-state index contributed by atoms with van der Waals surface area (Å²) >= 11 is 0. The normalized spacial score (nSPS) is 19.8. The standard InChI is InChI=1S/C17H26N2O/c1-12(17(2,3)4)19(5)16(20)14-10-11-18-15-9-7-6-8-13(14)15/h6-9,12,14,18H,10-11H2,1-5H3. The highest BCUT2D eigenvalue weighted by Gasteiger charge is 2.33. The minimum atomic E-state index is -0.0118. The maximum absolute atomic E-state index is 12.8. The maximum atomic E-state index is 12.8. The molecule has 0 saturated carbocycles. The molecule has 1 aromatic carbocycles. The molecule has 3 nitrogen and oxygen atoms in total. The SMILES string of the molecule is CC(N(C)C(=O)C1CCNc2ccccc21)C(C)(C)C. The molecule has 1 heterocycles. The second-order valence-electron chi connectivity index (χ2n) is 6.85. The van der Waals surface area contributed by atoms with Crippen molar-refractivity contribution >= 4 is 11.6 Å². The van der Waals surface area contributed by atoms with Gasteiger partial charge in [0.05, 0.1) is 5.92 Å². The number of fused-ring (bicyclic) bond motifs is 1. The monoisotopic (exact) mass is 274 g/mol. The lowest BCUT2D eigenvalue weighted by molar-refractivity contribution is -0.135. The van der Waals surface area contributed by atoms with Crippen LogP contribution in [0.2, 0.25) is 0 Å². The molecule has 1 aliphatic heterocycles. The fraction of sp³-hybridized carbons (Fsp3) is 0.588. The molecule has 2 atom stereocenters. The summed E-state index contributed by atoms with van der Waals surface area (Å²) in [4.78, 5) is 14.8. The van der Waals surface area contributed by atoms with Crippen LogP contribution in [-0.4, -0.2) is 30.4 Å². The number of nitrogens with zero attached hydrogens (tertiary/aromatic N) is 1. The summed E-state index contributed by atoms with van der Waals surface area (Å²) in [5, 5.41) is 3.38. The quantitative estimate of drug-likeness (QED) is 0.895. The number of para-hydroxylation sites is 1. The number of likely N-dealkylation sites (N-methyl/N-ethyl adjacent to an activating group) is 1. The van der Waals surface area contributed by atoms with Gasteiger partial charge in [0.1, 0.15) is 0 Å². The van der Waals surface area contributed by atoms with Gasteiger partial charge in [0.25, 0.3) is 0 Å². The molecule has 0 radical (unpaired) electrons. The Kier molecular flexibility index (Phi) is 4.07. The molecule has 1 aliphatic rings. The number of benzene rings is 1. The van der Waals surface area contributed by atoms with Crippen LogP contribution >= 0.6 is 0 Å². The van der Waals surface area contributed by atoms with Crippen molar-refractivity contribution in [1.82, 2.24) is 4.90 Å². The van der Waals surface area contributed by atoms with E-state index >= 15 is 0 Å². The smallest absolute Gasteiger partial charge is 0.230 e. The van der Waals surface area contributed by atoms with Crippen LogP contribution in [0.4, 0.5) is 5.69 Å². The zero-order chi connectivity index (χ0) is 14.9. The third-order valence-electron chi connectivity index (χ3n) is 4.56. The Hall–Kier alpha value is -1.51. The van der Waals surface area contributed by atoms with Crippen molar-refractivity contribution < 1.29 is 4.79 Å². The van der Waals surface area contributed by atoms with Gasteiger partial charge in [0.15, 0.2) is 0 Å². The third kappa shape index (κ3) is 2.82. The first-order valence-corrected chi connectivity index (χ1v) is 7.42. The summed E-state index contributed by atoms with van der Waals surface area (Å²) in [6.07, 6.45) is 0.872. The first-order chi connectivity index (χ1) is 9.32. The topological polar surface area (TPSA) is 32.3 Å². The Bertz CT molecular complexity index is 490. The van der Waals surface area contributed by atoms with Gasteiger partial charge in [-0.2, -0.15) is 0 Å². The van der Waals surface area contributed by atoms with E-state index in [4.69, 9.17) is 0 Å². The van der Waals surface area contributed by atoms with Gasteiger partial charge in [0.2, 0.25) is 5.91 Å². The summed E-state index contributed by atoms with van der Waals surface area (Å²) in [6, 6.07) is 8.37. The maximum Gasteiger partial charge on any atom is 0.230 e. The van der Waals surface area contributed by atoms with Crippen LogP contribution in [0.3, 0.4) is 0 Å². The van der Waals surface area contributed by atoms with E-state index in [9.17, 15) is 4.79 Å². The molecule has 110 valence electrons. The Morgan fingerprint density at radius 2 is 2.00 bits per heavy atom. The fourth-order valence-electron chi connectivity index (χ4n) is 2.74. The molecule has 1 aromatic rings. The minimum Gasteiger partial charge on any atom is -0.385 e. The third-order valence-corrected chi connectivity index (χ3v) is 4.56. The highest BCUT2D eigenvalue weighted by molar-refractivity contribution is 5.86. The number of hydrogen-bond donors (Lipinski definition) is 1. The van der Waals surface area contributed by atoms with Crippen molar-refractivity contribution in [2.45, 2.75) is 46.1 Å². The number of carbonyl (C=O) groups is 1. The summed E-state index contributed by atoms with van der Waals surface area (Å²) in [5.41, 5.74) is 2.34. The summed E-state index contributed by atoms with van der Waals surface area (Å²) in [5.74, 6) is 0.226. The molecule has 1 N–H and O–H groups in total. The molecule has 1 amide bonds. The van der Waals surface area contributed by atoms with Crippen LogP contribution in [0.15, 0.2) is 24.3 Å². The van der Waals surface area contributed by atoms with Crippen LogP contribution in [0.1, 0.15) is 45.6 Å². The van der Waals surface area contributed by atoms with Gasteiger partial charge >= 0.3 is 0 Å². The number of nitrogens with one attached hydrogen (secondary N) is 1. The van der Waals surface area contributed by atoms with E-state index in [1.54, 1.807) is 0 Å². The van der Waals surface area contributed by atoms with E-state index in [2.05, 4.69) is 45.1 Å². The van der Waals surface area contributed by atoms with Gasteiger partial charge in [-0.3, -0.25) is 4.79 Å². The molecule has 0 aliphatic carbocycles.